The van der Waals surface area contributed by atoms with E-state index in [1.165, 1.54) is 25.6 Å². The lowest BCUT2D eigenvalue weighted by molar-refractivity contribution is -0.118. The van der Waals surface area contributed by atoms with E-state index in [-0.39, 0.29) is 11.8 Å². The predicted molar refractivity (Wildman–Crippen MR) is 128 cm³/mol. The Bertz CT molecular complexity index is 1180. The Morgan fingerprint density at radius 2 is 1.82 bits per heavy atom. The number of nitrogens with one attached hydrogen (secondary N) is 1. The highest BCUT2D eigenvalue weighted by Gasteiger charge is 2.34. The van der Waals surface area contributed by atoms with E-state index in [2.05, 4.69) is 34.3 Å². The molecule has 2 aromatic carbocycles. The third-order valence-corrected chi connectivity index (χ3v) is 6.18. The summed E-state index contributed by atoms with van der Waals surface area (Å²) in [5.41, 5.74) is 3.27. The zero-order valence-electron chi connectivity index (χ0n) is 18.9. The summed E-state index contributed by atoms with van der Waals surface area (Å²) in [6.07, 6.45) is -0.768. The van der Waals surface area contributed by atoms with Crippen LogP contribution in [0.3, 0.4) is 0 Å². The third-order valence-electron chi connectivity index (χ3n) is 4.91. The van der Waals surface area contributed by atoms with Crippen molar-refractivity contribution in [3.63, 3.8) is 0 Å². The number of anilines is 2. The maximum absolute atomic E-state index is 12.8. The molecular formula is C24H25N5O3S. The van der Waals surface area contributed by atoms with Gasteiger partial charge in [0.15, 0.2) is 5.69 Å². The number of amides is 2. The number of hydrogen-bond acceptors (Lipinski definition) is 7. The number of nitrogens with zero attached hydrogens (tertiary/aromatic N) is 4. The zero-order chi connectivity index (χ0) is 23.5. The van der Waals surface area contributed by atoms with Crippen LogP contribution in [0.4, 0.5) is 11.4 Å². The van der Waals surface area contributed by atoms with Gasteiger partial charge in [-0.3, -0.25) is 14.5 Å². The Kier molecular flexibility index (Phi) is 6.60. The summed E-state index contributed by atoms with van der Waals surface area (Å²) in [7, 11) is 0. The van der Waals surface area contributed by atoms with Crippen LogP contribution < -0.4 is 15.0 Å². The van der Waals surface area contributed by atoms with Crippen molar-refractivity contribution in [3.05, 3.63) is 54.1 Å². The normalized spacial score (nSPS) is 14.7. The number of hydrogen-bond donors (Lipinski definition) is 1. The molecule has 170 valence electrons. The van der Waals surface area contributed by atoms with E-state index in [1.807, 2.05) is 36.4 Å². The van der Waals surface area contributed by atoms with E-state index in [0.717, 1.165) is 16.9 Å². The highest BCUT2D eigenvalue weighted by Crippen LogP contribution is 2.43. The Labute approximate surface area is 196 Å². The fraction of sp³-hybridized carbons (Fsp3) is 0.292. The first-order valence-corrected chi connectivity index (χ1v) is 11.6. The fourth-order valence-corrected chi connectivity index (χ4v) is 4.23. The second kappa shape index (κ2) is 9.58. The first-order chi connectivity index (χ1) is 15.8. The van der Waals surface area contributed by atoms with Crippen molar-refractivity contribution in [2.24, 2.45) is 5.92 Å². The smallest absolute Gasteiger partial charge is 0.247 e. The SMILES string of the molecule is CC(=O)Nc1ccc([C@H]2Oc3nc(SCC(C)C)nnc3-c3ccccc3N2C(C)=O)cc1. The molecule has 2 amide bonds. The van der Waals surface area contributed by atoms with Gasteiger partial charge < -0.3 is 10.1 Å². The summed E-state index contributed by atoms with van der Waals surface area (Å²) < 4.78 is 6.36. The average molecular weight is 464 g/mol. The molecule has 0 unspecified atom stereocenters. The molecule has 1 aliphatic rings. The van der Waals surface area contributed by atoms with Crippen LogP contribution in [0.5, 0.6) is 5.88 Å². The first kappa shape index (κ1) is 22.7. The maximum atomic E-state index is 12.8. The van der Waals surface area contributed by atoms with Crippen molar-refractivity contribution in [1.29, 1.82) is 0 Å². The lowest BCUT2D eigenvalue weighted by Crippen LogP contribution is -2.36. The van der Waals surface area contributed by atoms with Gasteiger partial charge in [-0.2, -0.15) is 4.98 Å². The number of ether oxygens (including phenoxy) is 1. The Balaban J connectivity index is 1.81. The van der Waals surface area contributed by atoms with Crippen LogP contribution in [-0.2, 0) is 9.59 Å². The molecule has 33 heavy (non-hydrogen) atoms. The van der Waals surface area contributed by atoms with Crippen LogP contribution in [0.25, 0.3) is 11.3 Å². The summed E-state index contributed by atoms with van der Waals surface area (Å²) >= 11 is 1.52. The van der Waals surface area contributed by atoms with Crippen molar-refractivity contribution in [3.8, 4) is 17.1 Å². The van der Waals surface area contributed by atoms with Gasteiger partial charge in [-0.25, -0.2) is 0 Å². The molecule has 1 aromatic heterocycles. The van der Waals surface area contributed by atoms with Gasteiger partial charge in [-0.15, -0.1) is 10.2 Å². The van der Waals surface area contributed by atoms with Gasteiger partial charge in [0.05, 0.1) is 5.69 Å². The van der Waals surface area contributed by atoms with Crippen molar-refractivity contribution in [2.75, 3.05) is 16.0 Å². The summed E-state index contributed by atoms with van der Waals surface area (Å²) in [4.78, 5) is 30.4. The molecule has 0 spiro atoms. The number of para-hydroxylation sites is 1. The molecule has 4 rings (SSSR count). The van der Waals surface area contributed by atoms with Crippen molar-refractivity contribution in [2.45, 2.75) is 39.1 Å². The van der Waals surface area contributed by atoms with Crippen LogP contribution in [-0.4, -0.2) is 32.7 Å². The number of thioether (sulfide) groups is 1. The summed E-state index contributed by atoms with van der Waals surface area (Å²) in [6, 6.07) is 14.7. The molecule has 2 heterocycles. The molecule has 3 aromatic rings. The quantitative estimate of drug-likeness (QED) is 0.548. The minimum Gasteiger partial charge on any atom is -0.447 e. The molecule has 8 nitrogen and oxygen atoms in total. The van der Waals surface area contributed by atoms with Crippen molar-refractivity contribution in [1.82, 2.24) is 15.2 Å². The number of carbonyl (C=O) groups is 2. The molecule has 1 atom stereocenters. The number of carbonyl (C=O) groups excluding carboxylic acids is 2. The molecule has 0 aliphatic carbocycles. The first-order valence-electron chi connectivity index (χ1n) is 10.6. The van der Waals surface area contributed by atoms with E-state index >= 15 is 0 Å². The molecular weight excluding hydrogens is 438 g/mol. The minimum atomic E-state index is -0.768. The largest absolute Gasteiger partial charge is 0.447 e. The molecule has 1 N–H and O–H groups in total. The molecule has 0 bridgehead atoms. The monoisotopic (exact) mass is 463 g/mol. The van der Waals surface area contributed by atoms with Gasteiger partial charge in [-0.05, 0) is 24.1 Å². The van der Waals surface area contributed by atoms with Crippen LogP contribution in [0, 0.1) is 5.92 Å². The van der Waals surface area contributed by atoms with Crippen LogP contribution in [0.15, 0.2) is 53.7 Å². The minimum absolute atomic E-state index is 0.157. The third kappa shape index (κ3) is 4.98. The number of fused-ring (bicyclic) bond motifs is 3. The van der Waals surface area contributed by atoms with Crippen molar-refractivity contribution >= 4 is 35.0 Å². The van der Waals surface area contributed by atoms with Crippen molar-refractivity contribution < 1.29 is 14.3 Å². The molecule has 0 radical (unpaired) electrons. The van der Waals surface area contributed by atoms with Crippen LogP contribution in [0.2, 0.25) is 0 Å². The van der Waals surface area contributed by atoms with Gasteiger partial charge in [0.1, 0.15) is 0 Å². The van der Waals surface area contributed by atoms with E-state index in [9.17, 15) is 9.59 Å². The van der Waals surface area contributed by atoms with E-state index in [1.54, 1.807) is 17.0 Å². The van der Waals surface area contributed by atoms with Gasteiger partial charge in [-0.1, -0.05) is 55.9 Å². The molecule has 0 fully saturated rings. The van der Waals surface area contributed by atoms with Crippen LogP contribution >= 0.6 is 11.8 Å². The number of rotatable bonds is 5. The average Bonchev–Trinajstić information content (AvgIpc) is 2.92. The maximum Gasteiger partial charge on any atom is 0.247 e. The molecule has 0 saturated carbocycles. The number of benzene rings is 2. The Hall–Kier alpha value is -3.46. The lowest BCUT2D eigenvalue weighted by Gasteiger charge is -2.30. The predicted octanol–water partition coefficient (Wildman–Crippen LogP) is 4.69. The molecule has 0 saturated heterocycles. The second-order valence-corrected chi connectivity index (χ2v) is 9.12. The number of aromatic nitrogens is 3. The topological polar surface area (TPSA) is 97.3 Å². The van der Waals surface area contributed by atoms with Gasteiger partial charge in [0.25, 0.3) is 0 Å². The summed E-state index contributed by atoms with van der Waals surface area (Å²) in [5.74, 6) is 1.31. The fourth-order valence-electron chi connectivity index (χ4n) is 3.51. The lowest BCUT2D eigenvalue weighted by atomic mass is 10.1. The van der Waals surface area contributed by atoms with Gasteiger partial charge in [0.2, 0.25) is 29.1 Å². The summed E-state index contributed by atoms with van der Waals surface area (Å²) in [6.45, 7) is 7.21. The van der Waals surface area contributed by atoms with E-state index < -0.39 is 6.23 Å². The standard InChI is InChI=1S/C24H25N5O3S/c1-14(2)13-33-24-26-22-21(27-28-24)19-7-5-6-8-20(19)29(16(4)31)23(32-22)17-9-11-18(12-10-17)25-15(3)30/h5-12,14,23H,13H2,1-4H3,(H,25,30)/t23-/m1/s1. The van der Waals surface area contributed by atoms with Gasteiger partial charge in [0, 0.05) is 36.4 Å². The highest BCUT2D eigenvalue weighted by atomic mass is 32.2. The molecule has 9 heteroatoms. The Morgan fingerprint density at radius 1 is 1.09 bits per heavy atom. The zero-order valence-corrected chi connectivity index (χ0v) is 19.7. The van der Waals surface area contributed by atoms with Gasteiger partial charge >= 0.3 is 0 Å². The highest BCUT2D eigenvalue weighted by molar-refractivity contribution is 7.99. The molecule has 1 aliphatic heterocycles. The second-order valence-electron chi connectivity index (χ2n) is 8.13. The van der Waals surface area contributed by atoms with E-state index in [0.29, 0.717) is 34.0 Å². The van der Waals surface area contributed by atoms with E-state index in [4.69, 9.17) is 4.74 Å². The van der Waals surface area contributed by atoms with Crippen LogP contribution in [0.1, 0.15) is 39.5 Å². The Morgan fingerprint density at radius 3 is 2.48 bits per heavy atom. The summed E-state index contributed by atoms with van der Waals surface area (Å²) in [5, 5.41) is 12.0.